The van der Waals surface area contributed by atoms with Crippen molar-refractivity contribution >= 4 is 5.78 Å². The van der Waals surface area contributed by atoms with Gasteiger partial charge in [-0.3, -0.25) is 9.48 Å². The van der Waals surface area contributed by atoms with Crippen LogP contribution in [0.1, 0.15) is 36.7 Å². The second-order valence-corrected chi connectivity index (χ2v) is 4.33. The van der Waals surface area contributed by atoms with Crippen molar-refractivity contribution in [1.29, 1.82) is 0 Å². The van der Waals surface area contributed by atoms with Crippen molar-refractivity contribution in [3.8, 4) is 0 Å². The zero-order valence-electron chi connectivity index (χ0n) is 9.78. The number of Topliss-reactive ketones (excluding diaryl/α,β-unsaturated/α-hetero) is 1. The summed E-state index contributed by atoms with van der Waals surface area (Å²) >= 11 is 0. The number of nitrogens with zero attached hydrogens (tertiary/aromatic N) is 2. The maximum atomic E-state index is 12.3. The number of carbonyl (C=O) groups is 1. The number of rotatable bonds is 4. The highest BCUT2D eigenvalue weighted by molar-refractivity contribution is 5.96. The van der Waals surface area contributed by atoms with Gasteiger partial charge in [-0.1, -0.05) is 6.92 Å². The SMILES string of the molecule is CCCn1nccc1C(=O)C1CCNCC1. The van der Waals surface area contributed by atoms with Crippen molar-refractivity contribution in [2.24, 2.45) is 5.92 Å². The molecule has 0 aromatic carbocycles. The molecule has 0 atom stereocenters. The topological polar surface area (TPSA) is 46.9 Å². The summed E-state index contributed by atoms with van der Waals surface area (Å²) in [6.45, 7) is 4.84. The van der Waals surface area contributed by atoms with Gasteiger partial charge in [-0.2, -0.15) is 5.10 Å². The van der Waals surface area contributed by atoms with Gasteiger partial charge in [0.1, 0.15) is 5.69 Å². The molecular weight excluding hydrogens is 202 g/mol. The first-order valence-corrected chi connectivity index (χ1v) is 6.09. The van der Waals surface area contributed by atoms with Crippen LogP contribution in [-0.2, 0) is 6.54 Å². The number of aromatic nitrogens is 2. The minimum absolute atomic E-state index is 0.188. The fourth-order valence-corrected chi connectivity index (χ4v) is 2.23. The Morgan fingerprint density at radius 3 is 3.00 bits per heavy atom. The molecule has 2 heterocycles. The Balaban J connectivity index is 2.09. The summed E-state index contributed by atoms with van der Waals surface area (Å²) in [5.74, 6) is 0.459. The molecule has 0 bridgehead atoms. The molecule has 1 aliphatic rings. The molecule has 0 unspecified atom stereocenters. The van der Waals surface area contributed by atoms with Gasteiger partial charge in [0.25, 0.3) is 0 Å². The van der Waals surface area contributed by atoms with Crippen LogP contribution in [0.25, 0.3) is 0 Å². The third-order valence-corrected chi connectivity index (χ3v) is 3.11. The molecule has 16 heavy (non-hydrogen) atoms. The Hall–Kier alpha value is -1.16. The Kier molecular flexibility index (Phi) is 3.72. The monoisotopic (exact) mass is 221 g/mol. The first kappa shape index (κ1) is 11.3. The fourth-order valence-electron chi connectivity index (χ4n) is 2.23. The van der Waals surface area contributed by atoms with Crippen LogP contribution in [0.5, 0.6) is 0 Å². The maximum Gasteiger partial charge on any atom is 0.184 e. The van der Waals surface area contributed by atoms with Crippen LogP contribution in [0.15, 0.2) is 12.3 Å². The normalized spacial score (nSPS) is 17.6. The van der Waals surface area contributed by atoms with Crippen molar-refractivity contribution in [1.82, 2.24) is 15.1 Å². The lowest BCUT2D eigenvalue weighted by molar-refractivity contribution is 0.0883. The summed E-state index contributed by atoms with van der Waals surface area (Å²) in [5.41, 5.74) is 0.786. The summed E-state index contributed by atoms with van der Waals surface area (Å²) in [7, 11) is 0. The van der Waals surface area contributed by atoms with Crippen LogP contribution in [0, 0.1) is 5.92 Å². The molecule has 1 aromatic rings. The number of nitrogens with one attached hydrogen (secondary N) is 1. The van der Waals surface area contributed by atoms with E-state index >= 15 is 0 Å². The van der Waals surface area contributed by atoms with Crippen LogP contribution in [0.4, 0.5) is 0 Å². The van der Waals surface area contributed by atoms with E-state index in [0.717, 1.165) is 44.6 Å². The van der Waals surface area contributed by atoms with Crippen molar-refractivity contribution in [3.63, 3.8) is 0 Å². The van der Waals surface area contributed by atoms with Gasteiger partial charge in [-0.15, -0.1) is 0 Å². The lowest BCUT2D eigenvalue weighted by Gasteiger charge is -2.21. The van der Waals surface area contributed by atoms with Gasteiger partial charge < -0.3 is 5.32 Å². The van der Waals surface area contributed by atoms with Gasteiger partial charge >= 0.3 is 0 Å². The molecule has 0 amide bonds. The van der Waals surface area contributed by atoms with E-state index < -0.39 is 0 Å². The van der Waals surface area contributed by atoms with E-state index in [9.17, 15) is 4.79 Å². The highest BCUT2D eigenvalue weighted by Crippen LogP contribution is 2.18. The molecule has 1 N–H and O–H groups in total. The third kappa shape index (κ3) is 2.32. The van der Waals surface area contributed by atoms with Crippen molar-refractivity contribution in [2.45, 2.75) is 32.7 Å². The minimum atomic E-state index is 0.188. The molecule has 1 saturated heterocycles. The molecule has 88 valence electrons. The molecule has 0 saturated carbocycles. The van der Waals surface area contributed by atoms with Crippen LogP contribution in [0.3, 0.4) is 0 Å². The highest BCUT2D eigenvalue weighted by Gasteiger charge is 2.24. The summed E-state index contributed by atoms with van der Waals surface area (Å²) < 4.78 is 1.84. The first-order valence-electron chi connectivity index (χ1n) is 6.09. The largest absolute Gasteiger partial charge is 0.317 e. The van der Waals surface area contributed by atoms with Gasteiger partial charge in [-0.25, -0.2) is 0 Å². The number of ketones is 1. The second kappa shape index (κ2) is 5.25. The number of piperidine rings is 1. The highest BCUT2D eigenvalue weighted by atomic mass is 16.1. The number of aryl methyl sites for hydroxylation is 1. The van der Waals surface area contributed by atoms with Crippen LogP contribution in [0.2, 0.25) is 0 Å². The smallest absolute Gasteiger partial charge is 0.184 e. The van der Waals surface area contributed by atoms with E-state index in [0.29, 0.717) is 0 Å². The van der Waals surface area contributed by atoms with Gasteiger partial charge in [0.2, 0.25) is 0 Å². The van der Waals surface area contributed by atoms with Crippen LogP contribution < -0.4 is 5.32 Å². The van der Waals surface area contributed by atoms with Gasteiger partial charge in [0.15, 0.2) is 5.78 Å². The lowest BCUT2D eigenvalue weighted by atomic mass is 9.92. The van der Waals surface area contributed by atoms with E-state index in [1.54, 1.807) is 6.20 Å². The van der Waals surface area contributed by atoms with E-state index in [2.05, 4.69) is 17.3 Å². The van der Waals surface area contributed by atoms with Gasteiger partial charge in [-0.05, 0) is 38.4 Å². The molecule has 2 rings (SSSR count). The molecule has 0 aliphatic carbocycles. The summed E-state index contributed by atoms with van der Waals surface area (Å²) in [5, 5.41) is 7.48. The fraction of sp³-hybridized carbons (Fsp3) is 0.667. The van der Waals surface area contributed by atoms with Gasteiger partial charge in [0, 0.05) is 18.7 Å². The first-order chi connectivity index (χ1) is 7.83. The minimum Gasteiger partial charge on any atom is -0.317 e. The molecule has 4 nitrogen and oxygen atoms in total. The third-order valence-electron chi connectivity index (χ3n) is 3.11. The van der Waals surface area contributed by atoms with Gasteiger partial charge in [0.05, 0.1) is 0 Å². The Morgan fingerprint density at radius 1 is 1.56 bits per heavy atom. The average Bonchev–Trinajstić information content (AvgIpc) is 2.78. The van der Waals surface area contributed by atoms with Crippen LogP contribution >= 0.6 is 0 Å². The molecule has 1 aliphatic heterocycles. The van der Waals surface area contributed by atoms with Crippen molar-refractivity contribution in [2.75, 3.05) is 13.1 Å². The predicted octanol–water partition coefficient (Wildman–Crippen LogP) is 1.48. The van der Waals surface area contributed by atoms with Crippen molar-refractivity contribution in [3.05, 3.63) is 18.0 Å². The maximum absolute atomic E-state index is 12.3. The van der Waals surface area contributed by atoms with E-state index in [4.69, 9.17) is 0 Å². The Bertz CT molecular complexity index is 353. The molecule has 1 aromatic heterocycles. The van der Waals surface area contributed by atoms with E-state index in [1.165, 1.54) is 0 Å². The average molecular weight is 221 g/mol. The van der Waals surface area contributed by atoms with Crippen molar-refractivity contribution < 1.29 is 4.79 Å². The Morgan fingerprint density at radius 2 is 2.31 bits per heavy atom. The summed E-state index contributed by atoms with van der Waals surface area (Å²) in [4.78, 5) is 12.3. The quantitative estimate of drug-likeness (QED) is 0.783. The molecule has 4 heteroatoms. The predicted molar refractivity (Wildman–Crippen MR) is 62.4 cm³/mol. The molecular formula is C12H19N3O. The number of hydrogen-bond donors (Lipinski definition) is 1. The standard InChI is InChI=1S/C12H19N3O/c1-2-9-15-11(5-8-14-15)12(16)10-3-6-13-7-4-10/h5,8,10,13H,2-4,6-7,9H2,1H3. The number of hydrogen-bond acceptors (Lipinski definition) is 3. The summed E-state index contributed by atoms with van der Waals surface area (Å²) in [6, 6.07) is 1.85. The van der Waals surface area contributed by atoms with E-state index in [-0.39, 0.29) is 11.7 Å². The zero-order valence-corrected chi connectivity index (χ0v) is 9.78. The molecule has 1 fully saturated rings. The molecule has 0 radical (unpaired) electrons. The van der Waals surface area contributed by atoms with Crippen LogP contribution in [-0.4, -0.2) is 28.7 Å². The molecule has 0 spiro atoms. The summed E-state index contributed by atoms with van der Waals surface area (Å²) in [6.07, 6.45) is 4.64. The lowest BCUT2D eigenvalue weighted by Crippen LogP contribution is -2.32. The zero-order chi connectivity index (χ0) is 11.4. The number of carbonyl (C=O) groups excluding carboxylic acids is 1. The Labute approximate surface area is 96.0 Å². The van der Waals surface area contributed by atoms with E-state index in [1.807, 2.05) is 10.7 Å². The second-order valence-electron chi connectivity index (χ2n) is 4.33.